The van der Waals surface area contributed by atoms with Crippen molar-refractivity contribution in [1.82, 2.24) is 0 Å². The van der Waals surface area contributed by atoms with Gasteiger partial charge in [-0.15, -0.1) is 0 Å². The van der Waals surface area contributed by atoms with Gasteiger partial charge in [-0.2, -0.15) is 0 Å². The third kappa shape index (κ3) is 6.93. The van der Waals surface area contributed by atoms with E-state index in [0.29, 0.717) is 0 Å². The van der Waals surface area contributed by atoms with Crippen molar-refractivity contribution in [2.75, 3.05) is 0 Å². The molecule has 3 aromatic rings. The van der Waals surface area contributed by atoms with Crippen LogP contribution in [0.1, 0.15) is 47.2 Å². The SMILES string of the molecule is CC(C)=C/C=C\c1ccc(/C=C/c2ccc(/C=C/c3ccc(C)cc3)cc2)cc1. The summed E-state index contributed by atoms with van der Waals surface area (Å²) in [7, 11) is 0. The highest BCUT2D eigenvalue weighted by Gasteiger charge is 1.92. The van der Waals surface area contributed by atoms with Gasteiger partial charge in [0, 0.05) is 0 Å². The van der Waals surface area contributed by atoms with Gasteiger partial charge in [-0.25, -0.2) is 0 Å². The number of rotatable bonds is 6. The normalized spacial score (nSPS) is 11.6. The molecule has 0 aliphatic rings. The van der Waals surface area contributed by atoms with E-state index < -0.39 is 0 Å². The summed E-state index contributed by atoms with van der Waals surface area (Å²) >= 11 is 0. The Labute approximate surface area is 175 Å². The van der Waals surface area contributed by atoms with Gasteiger partial charge in [-0.1, -0.05) is 126 Å². The third-order valence-corrected chi connectivity index (χ3v) is 4.60. The zero-order valence-corrected chi connectivity index (χ0v) is 17.5. The van der Waals surface area contributed by atoms with Crippen molar-refractivity contribution in [3.63, 3.8) is 0 Å². The second kappa shape index (κ2) is 10.2. The minimum absolute atomic E-state index is 1.20. The Morgan fingerprint density at radius 2 is 0.793 bits per heavy atom. The molecule has 0 unspecified atom stereocenters. The second-order valence-corrected chi connectivity index (χ2v) is 7.51. The molecule has 0 aromatic heterocycles. The first kappa shape index (κ1) is 20.4. The van der Waals surface area contributed by atoms with Gasteiger partial charge in [-0.05, 0) is 48.6 Å². The van der Waals surface area contributed by atoms with Crippen LogP contribution in [0, 0.1) is 6.92 Å². The standard InChI is InChI=1S/C29H28/c1-23(2)5-4-6-25-11-13-27(14-12-25)17-18-29-21-19-28(20-22-29)16-15-26-9-7-24(3)8-10-26/h4-22H,1-3H3/b6-4-,16-15+,18-17+. The molecule has 29 heavy (non-hydrogen) atoms. The molecule has 0 saturated carbocycles. The minimum Gasteiger partial charge on any atom is -0.0764 e. The predicted octanol–water partition coefficient (Wildman–Crippen LogP) is 8.32. The van der Waals surface area contributed by atoms with Gasteiger partial charge < -0.3 is 0 Å². The monoisotopic (exact) mass is 376 g/mol. The summed E-state index contributed by atoms with van der Waals surface area (Å²) in [4.78, 5) is 0. The Kier molecular flexibility index (Phi) is 7.19. The quantitative estimate of drug-likeness (QED) is 0.300. The highest BCUT2D eigenvalue weighted by molar-refractivity contribution is 5.73. The Morgan fingerprint density at radius 1 is 0.483 bits per heavy atom. The molecule has 0 saturated heterocycles. The molecule has 3 rings (SSSR count). The predicted molar refractivity (Wildman–Crippen MR) is 130 cm³/mol. The lowest BCUT2D eigenvalue weighted by Crippen LogP contribution is -1.77. The number of benzene rings is 3. The van der Waals surface area contributed by atoms with Gasteiger partial charge in [-0.3, -0.25) is 0 Å². The van der Waals surface area contributed by atoms with E-state index in [2.05, 4.69) is 136 Å². The van der Waals surface area contributed by atoms with Crippen LogP contribution in [0.25, 0.3) is 30.4 Å². The van der Waals surface area contributed by atoms with Crippen LogP contribution in [0.15, 0.2) is 90.5 Å². The minimum atomic E-state index is 1.20. The van der Waals surface area contributed by atoms with Crippen LogP contribution >= 0.6 is 0 Å². The molecule has 144 valence electrons. The first-order chi connectivity index (χ1) is 14.1. The van der Waals surface area contributed by atoms with Gasteiger partial charge in [0.15, 0.2) is 0 Å². The van der Waals surface area contributed by atoms with Crippen molar-refractivity contribution in [1.29, 1.82) is 0 Å². The van der Waals surface area contributed by atoms with E-state index in [1.54, 1.807) is 0 Å². The van der Waals surface area contributed by atoms with Crippen molar-refractivity contribution in [3.05, 3.63) is 124 Å². The molecule has 0 atom stereocenters. The van der Waals surface area contributed by atoms with Gasteiger partial charge in [0.05, 0.1) is 0 Å². The van der Waals surface area contributed by atoms with Crippen LogP contribution in [-0.4, -0.2) is 0 Å². The van der Waals surface area contributed by atoms with Gasteiger partial charge in [0.1, 0.15) is 0 Å². The second-order valence-electron chi connectivity index (χ2n) is 7.51. The lowest BCUT2D eigenvalue weighted by molar-refractivity contribution is 1.40. The van der Waals surface area contributed by atoms with E-state index in [1.165, 1.54) is 39.0 Å². The van der Waals surface area contributed by atoms with Crippen LogP contribution < -0.4 is 0 Å². The van der Waals surface area contributed by atoms with Crippen LogP contribution in [0.3, 0.4) is 0 Å². The summed E-state index contributed by atoms with van der Waals surface area (Å²) in [5, 5.41) is 0. The number of hydrogen-bond acceptors (Lipinski definition) is 0. The first-order valence-electron chi connectivity index (χ1n) is 10.0. The molecule has 0 amide bonds. The van der Waals surface area contributed by atoms with Crippen LogP contribution in [0.2, 0.25) is 0 Å². The van der Waals surface area contributed by atoms with E-state index in [9.17, 15) is 0 Å². The summed E-state index contributed by atoms with van der Waals surface area (Å²) in [6.45, 7) is 6.31. The average Bonchev–Trinajstić information content (AvgIpc) is 2.73. The fraction of sp³-hybridized carbons (Fsp3) is 0.103. The highest BCUT2D eigenvalue weighted by Crippen LogP contribution is 2.14. The Morgan fingerprint density at radius 3 is 1.14 bits per heavy atom. The molecule has 0 fully saturated rings. The summed E-state index contributed by atoms with van der Waals surface area (Å²) in [6, 6.07) is 25.8. The molecule has 3 aromatic carbocycles. The van der Waals surface area contributed by atoms with Gasteiger partial charge >= 0.3 is 0 Å². The highest BCUT2D eigenvalue weighted by atomic mass is 14.0. The van der Waals surface area contributed by atoms with E-state index in [-0.39, 0.29) is 0 Å². The molecule has 0 heterocycles. The van der Waals surface area contributed by atoms with Crippen LogP contribution in [0.4, 0.5) is 0 Å². The smallest absolute Gasteiger partial charge is 0.0256 e. The molecule has 0 aliphatic carbocycles. The van der Waals surface area contributed by atoms with Crippen molar-refractivity contribution in [2.24, 2.45) is 0 Å². The molecule has 0 N–H and O–H groups in total. The maximum Gasteiger partial charge on any atom is -0.0256 e. The van der Waals surface area contributed by atoms with Crippen LogP contribution in [0.5, 0.6) is 0 Å². The Balaban J connectivity index is 1.60. The lowest BCUT2D eigenvalue weighted by Gasteiger charge is -1.99. The Hall–Kier alpha value is -3.38. The van der Waals surface area contributed by atoms with Gasteiger partial charge in [0.25, 0.3) is 0 Å². The summed E-state index contributed by atoms with van der Waals surface area (Å²) in [5.74, 6) is 0. The van der Waals surface area contributed by atoms with Crippen molar-refractivity contribution < 1.29 is 0 Å². The van der Waals surface area contributed by atoms with Gasteiger partial charge in [0.2, 0.25) is 0 Å². The fourth-order valence-corrected chi connectivity index (χ4v) is 2.85. The zero-order valence-electron chi connectivity index (χ0n) is 17.5. The van der Waals surface area contributed by atoms with E-state index in [0.717, 1.165) is 0 Å². The molecule has 0 bridgehead atoms. The molecule has 0 aliphatic heterocycles. The van der Waals surface area contributed by atoms with Crippen LogP contribution in [-0.2, 0) is 0 Å². The maximum atomic E-state index is 2.15. The Bertz CT molecular complexity index is 1020. The fourth-order valence-electron chi connectivity index (χ4n) is 2.85. The van der Waals surface area contributed by atoms with E-state index in [4.69, 9.17) is 0 Å². The van der Waals surface area contributed by atoms with E-state index >= 15 is 0 Å². The number of hydrogen-bond donors (Lipinski definition) is 0. The third-order valence-electron chi connectivity index (χ3n) is 4.60. The summed E-state index contributed by atoms with van der Waals surface area (Å²) < 4.78 is 0. The zero-order chi connectivity index (χ0) is 20.5. The van der Waals surface area contributed by atoms with E-state index in [1.807, 2.05) is 0 Å². The van der Waals surface area contributed by atoms with Crippen molar-refractivity contribution in [3.8, 4) is 0 Å². The maximum absolute atomic E-state index is 2.15. The molecular formula is C29H28. The summed E-state index contributed by atoms with van der Waals surface area (Å²) in [6.07, 6.45) is 14.9. The molecule has 0 spiro atoms. The number of aryl methyl sites for hydroxylation is 1. The first-order valence-corrected chi connectivity index (χ1v) is 10.0. The lowest BCUT2D eigenvalue weighted by atomic mass is 10.1. The number of allylic oxidation sites excluding steroid dienone is 3. The summed E-state index contributed by atoms with van der Waals surface area (Å²) in [5.41, 5.74) is 8.63. The molecule has 0 nitrogen and oxygen atoms in total. The molecule has 0 heteroatoms. The topological polar surface area (TPSA) is 0 Å². The molecular weight excluding hydrogens is 348 g/mol. The average molecular weight is 377 g/mol. The van der Waals surface area contributed by atoms with Crippen molar-refractivity contribution >= 4 is 30.4 Å². The largest absolute Gasteiger partial charge is 0.0764 e. The van der Waals surface area contributed by atoms with Crippen molar-refractivity contribution in [2.45, 2.75) is 20.8 Å². The molecule has 0 radical (unpaired) electrons.